The van der Waals surface area contributed by atoms with Gasteiger partial charge in [-0.05, 0) is 78.7 Å². The molecule has 0 aliphatic carbocycles. The van der Waals surface area contributed by atoms with Crippen molar-refractivity contribution in [3.8, 4) is 56.1 Å². The van der Waals surface area contributed by atoms with Gasteiger partial charge in [0.15, 0.2) is 5.82 Å². The third-order valence-electron chi connectivity index (χ3n) is 10.9. The molecule has 7 aromatic rings. The molecule has 13 nitrogen and oxygen atoms in total. The van der Waals surface area contributed by atoms with Gasteiger partial charge in [-0.3, -0.25) is 4.90 Å². The second-order valence-corrected chi connectivity index (χ2v) is 16.6. The Morgan fingerprint density at radius 3 is 2.39 bits per heavy atom. The van der Waals surface area contributed by atoms with Crippen molar-refractivity contribution in [1.29, 1.82) is 0 Å². The van der Waals surface area contributed by atoms with Crippen LogP contribution in [0.15, 0.2) is 104 Å². The van der Waals surface area contributed by atoms with E-state index in [0.29, 0.717) is 67.3 Å². The minimum atomic E-state index is -1.40. The molecule has 16 heteroatoms. The Kier molecular flexibility index (Phi) is 14.2. The Balaban J connectivity index is 1.07. The number of fused-ring (bicyclic) bond motifs is 1. The van der Waals surface area contributed by atoms with E-state index < -0.39 is 12.1 Å². The first-order chi connectivity index (χ1) is 31.2. The zero-order chi connectivity index (χ0) is 44.6. The highest BCUT2D eigenvalue weighted by Gasteiger charge is 2.28. The number of aliphatic hydroxyl groups excluding tert-OH is 1. The van der Waals surface area contributed by atoms with Gasteiger partial charge in [0.05, 0.1) is 28.3 Å². The van der Waals surface area contributed by atoms with Crippen LogP contribution in [0.25, 0.3) is 43.2 Å². The second kappa shape index (κ2) is 20.5. The van der Waals surface area contributed by atoms with Crippen molar-refractivity contribution in [2.24, 2.45) is 0 Å². The molecule has 0 spiro atoms. The lowest BCUT2D eigenvalue weighted by Gasteiger charge is -2.32. The summed E-state index contributed by atoms with van der Waals surface area (Å²) >= 11 is 8.42. The van der Waals surface area contributed by atoms with Gasteiger partial charge < -0.3 is 34.1 Å². The first kappa shape index (κ1) is 44.4. The Morgan fingerprint density at radius 1 is 0.859 bits per heavy atom. The third-order valence-corrected chi connectivity index (χ3v) is 12.5. The Hall–Kier alpha value is -6.23. The van der Waals surface area contributed by atoms with Crippen LogP contribution in [0, 0.1) is 12.7 Å². The van der Waals surface area contributed by atoms with Gasteiger partial charge in [-0.2, -0.15) is 0 Å². The van der Waals surface area contributed by atoms with Crippen LogP contribution in [0.4, 0.5) is 4.39 Å². The predicted octanol–water partition coefficient (Wildman–Crippen LogP) is 8.23. The molecule has 4 aromatic carbocycles. The maximum atomic E-state index is 14.2. The first-order valence-corrected chi connectivity index (χ1v) is 22.0. The lowest BCUT2D eigenvalue weighted by molar-refractivity contribution is -0.145. The molecule has 0 bridgehead atoms. The average molecular weight is 905 g/mol. The minimum absolute atomic E-state index is 0.0593. The highest BCUT2D eigenvalue weighted by molar-refractivity contribution is 7.22. The number of aliphatic carboxylic acids is 1. The van der Waals surface area contributed by atoms with Gasteiger partial charge >= 0.3 is 5.97 Å². The van der Waals surface area contributed by atoms with Crippen molar-refractivity contribution in [1.82, 2.24) is 29.7 Å². The maximum absolute atomic E-state index is 14.2. The van der Waals surface area contributed by atoms with E-state index in [-0.39, 0.29) is 37.9 Å². The predicted molar refractivity (Wildman–Crippen MR) is 244 cm³/mol. The molecule has 1 aliphatic rings. The fraction of sp³-hybridized carbons (Fsp3) is 0.271. The second-order valence-electron chi connectivity index (χ2n) is 15.2. The molecular formula is C48H46ClFN6O7S. The van der Waals surface area contributed by atoms with E-state index >= 15 is 0 Å². The molecule has 1 saturated heterocycles. The van der Waals surface area contributed by atoms with Gasteiger partial charge in [-0.25, -0.2) is 29.1 Å². The summed E-state index contributed by atoms with van der Waals surface area (Å²) in [6.07, 6.45) is 1.50. The number of para-hydroxylation sites is 2. The van der Waals surface area contributed by atoms with E-state index in [2.05, 4.69) is 31.8 Å². The monoisotopic (exact) mass is 904 g/mol. The molecule has 8 rings (SSSR count). The first-order valence-electron chi connectivity index (χ1n) is 20.8. The maximum Gasteiger partial charge on any atom is 0.345 e. The topological polar surface area (TPSA) is 152 Å². The van der Waals surface area contributed by atoms with E-state index in [0.717, 1.165) is 54.3 Å². The van der Waals surface area contributed by atoms with E-state index in [1.807, 2.05) is 37.3 Å². The zero-order valence-electron chi connectivity index (χ0n) is 35.2. The van der Waals surface area contributed by atoms with Crippen LogP contribution in [0.5, 0.6) is 23.1 Å². The molecule has 330 valence electrons. The highest BCUT2D eigenvalue weighted by Crippen LogP contribution is 2.49. The molecule has 0 saturated carbocycles. The van der Waals surface area contributed by atoms with Crippen molar-refractivity contribution in [2.45, 2.75) is 26.1 Å². The number of carboxylic acid groups (broad SMARTS) is 1. The lowest BCUT2D eigenvalue weighted by atomic mass is 9.96. The molecule has 1 unspecified atom stereocenters. The Bertz CT molecular complexity index is 2730. The summed E-state index contributed by atoms with van der Waals surface area (Å²) in [5, 5.41) is 20.8. The number of hydrogen-bond donors (Lipinski definition) is 2. The fourth-order valence-corrected chi connectivity index (χ4v) is 8.85. The number of benzene rings is 4. The van der Waals surface area contributed by atoms with E-state index in [4.69, 9.17) is 35.5 Å². The van der Waals surface area contributed by atoms with Crippen molar-refractivity contribution < 1.29 is 38.3 Å². The van der Waals surface area contributed by atoms with Crippen LogP contribution in [0.1, 0.15) is 16.8 Å². The van der Waals surface area contributed by atoms with Crippen molar-refractivity contribution in [3.63, 3.8) is 0 Å². The highest BCUT2D eigenvalue weighted by atomic mass is 35.5. The van der Waals surface area contributed by atoms with Crippen LogP contribution >= 0.6 is 22.9 Å². The van der Waals surface area contributed by atoms with Gasteiger partial charge in [0, 0.05) is 55.8 Å². The van der Waals surface area contributed by atoms with Gasteiger partial charge in [-0.15, -0.1) is 11.3 Å². The number of carbonyl (C=O) groups is 1. The minimum Gasteiger partial charge on any atom is -0.491 e. The molecule has 0 amide bonds. The third kappa shape index (κ3) is 10.2. The number of aromatic nitrogens is 4. The van der Waals surface area contributed by atoms with Crippen LogP contribution in [0.3, 0.4) is 0 Å². The van der Waals surface area contributed by atoms with E-state index in [9.17, 15) is 19.4 Å². The standard InChI is InChI=1S/C48H46ClFN6O7S/c1-30-35(15-16-39(43(30)49)60-25-23-56-21-19-55(2)20-22-56)41-42-46(52-29-53-47(42)64-44(41)31-11-13-33(50)14-12-31)63-40(48(58)59)27-32-7-3-5-9-37(32)62-28-34-17-18-51-45(54-34)36-8-4-6-10-38(36)61-26-24-57/h3-18,29,40,57H,19-28H2,1-2H3,(H,58,59). The largest absolute Gasteiger partial charge is 0.491 e. The van der Waals surface area contributed by atoms with Crippen LogP contribution in [-0.2, 0) is 17.8 Å². The normalized spacial score (nSPS) is 13.8. The number of ether oxygens (including phenoxy) is 4. The summed E-state index contributed by atoms with van der Waals surface area (Å²) < 4.78 is 38.8. The number of carboxylic acids is 1. The summed E-state index contributed by atoms with van der Waals surface area (Å²) in [6, 6.07) is 26.1. The number of aliphatic hydroxyl groups is 1. The van der Waals surface area contributed by atoms with Crippen LogP contribution in [-0.4, -0.2) is 112 Å². The van der Waals surface area contributed by atoms with Gasteiger partial charge in [0.25, 0.3) is 0 Å². The molecule has 64 heavy (non-hydrogen) atoms. The molecule has 3 aromatic heterocycles. The van der Waals surface area contributed by atoms with Crippen LogP contribution < -0.4 is 18.9 Å². The van der Waals surface area contributed by atoms with Crippen LogP contribution in [0.2, 0.25) is 5.02 Å². The Morgan fingerprint density at radius 2 is 1.61 bits per heavy atom. The average Bonchev–Trinajstić information content (AvgIpc) is 3.70. The van der Waals surface area contributed by atoms with Gasteiger partial charge in [-0.1, -0.05) is 60.1 Å². The summed E-state index contributed by atoms with van der Waals surface area (Å²) in [7, 11) is 2.12. The number of thiophene rings is 1. The van der Waals surface area contributed by atoms with Crippen molar-refractivity contribution >= 4 is 39.1 Å². The Labute approximate surface area is 378 Å². The molecule has 1 atom stereocenters. The molecular weight excluding hydrogens is 859 g/mol. The number of piperazine rings is 1. The van der Waals surface area contributed by atoms with Crippen molar-refractivity contribution in [3.05, 3.63) is 131 Å². The molecule has 4 heterocycles. The lowest BCUT2D eigenvalue weighted by Crippen LogP contribution is -2.45. The quantitative estimate of drug-likeness (QED) is 0.0852. The summed E-state index contributed by atoms with van der Waals surface area (Å²) in [5.74, 6) is 0.432. The summed E-state index contributed by atoms with van der Waals surface area (Å²) in [5.41, 5.74) is 4.69. The summed E-state index contributed by atoms with van der Waals surface area (Å²) in [6.45, 7) is 7.18. The number of halogens is 2. The number of likely N-dealkylation sites (N-methyl/N-ethyl adjacent to an activating group) is 1. The summed E-state index contributed by atoms with van der Waals surface area (Å²) in [4.78, 5) is 37.2. The van der Waals surface area contributed by atoms with E-state index in [1.54, 1.807) is 54.7 Å². The van der Waals surface area contributed by atoms with Crippen molar-refractivity contribution in [2.75, 3.05) is 59.6 Å². The molecule has 0 radical (unpaired) electrons. The fourth-order valence-electron chi connectivity index (χ4n) is 7.47. The number of hydrogen-bond acceptors (Lipinski definition) is 13. The smallest absolute Gasteiger partial charge is 0.345 e. The molecule has 1 aliphatic heterocycles. The SMILES string of the molecule is Cc1c(-c2c(-c3ccc(F)cc3)sc3ncnc(OC(Cc4ccccc4OCc4ccnc(-c5ccccc5OCCO)n4)C(=O)O)c23)ccc(OCCN2CCN(C)CC2)c1Cl. The van der Waals surface area contributed by atoms with E-state index in [1.165, 1.54) is 29.8 Å². The van der Waals surface area contributed by atoms with Gasteiger partial charge in [0.1, 0.15) is 54.0 Å². The number of nitrogens with zero attached hydrogens (tertiary/aromatic N) is 6. The van der Waals surface area contributed by atoms with Gasteiger partial charge in [0.2, 0.25) is 12.0 Å². The molecule has 1 fully saturated rings. The zero-order valence-corrected chi connectivity index (χ0v) is 36.8. The molecule has 2 N–H and O–H groups in total. The number of rotatable bonds is 18.